The third-order valence-electron chi connectivity index (χ3n) is 7.05. The Kier molecular flexibility index (Phi) is 5.40. The van der Waals surface area contributed by atoms with Crippen LogP contribution in [-0.4, -0.2) is 36.8 Å². The number of ether oxygens (including phenoxy) is 2. The van der Waals surface area contributed by atoms with E-state index in [0.717, 1.165) is 6.42 Å². The van der Waals surface area contributed by atoms with Crippen LogP contribution in [-0.2, 0) is 14.4 Å². The Morgan fingerprint density at radius 2 is 1.61 bits per heavy atom. The molecule has 1 saturated carbocycles. The molecule has 1 N–H and O–H groups in total. The summed E-state index contributed by atoms with van der Waals surface area (Å²) in [5.41, 5.74) is 1.31. The van der Waals surface area contributed by atoms with Gasteiger partial charge in [-0.05, 0) is 60.2 Å². The van der Waals surface area contributed by atoms with Gasteiger partial charge in [0.25, 0.3) is 0 Å². The number of carbonyl (C=O) groups is 3. The molecule has 7 nitrogen and oxygen atoms in total. The second-order valence-electron chi connectivity index (χ2n) is 8.82. The van der Waals surface area contributed by atoms with Gasteiger partial charge in [0.15, 0.2) is 0 Å². The number of fused-ring (bicyclic) bond motifs is 5. The predicted octanol–water partition coefficient (Wildman–Crippen LogP) is 3.58. The van der Waals surface area contributed by atoms with Crippen LogP contribution in [0, 0.1) is 23.7 Å². The highest BCUT2D eigenvalue weighted by Crippen LogP contribution is 2.54. The van der Waals surface area contributed by atoms with E-state index in [9.17, 15) is 14.4 Å². The van der Waals surface area contributed by atoms with Gasteiger partial charge in [0.2, 0.25) is 17.7 Å². The van der Waals surface area contributed by atoms with E-state index in [4.69, 9.17) is 9.47 Å². The van der Waals surface area contributed by atoms with Crippen molar-refractivity contribution in [3.05, 3.63) is 66.2 Å². The van der Waals surface area contributed by atoms with Crippen molar-refractivity contribution in [3.63, 3.8) is 0 Å². The van der Waals surface area contributed by atoms with Crippen LogP contribution in [0.5, 0.6) is 11.5 Å². The molecule has 3 amide bonds. The van der Waals surface area contributed by atoms with E-state index in [2.05, 4.69) is 17.5 Å². The molecule has 5 rings (SSSR count). The number of allylic oxidation sites excluding steroid dienone is 2. The van der Waals surface area contributed by atoms with E-state index < -0.39 is 6.04 Å². The van der Waals surface area contributed by atoms with Crippen LogP contribution in [0.3, 0.4) is 0 Å². The fourth-order valence-corrected chi connectivity index (χ4v) is 5.50. The number of nitrogens with zero attached hydrogens (tertiary/aromatic N) is 1. The van der Waals surface area contributed by atoms with Crippen LogP contribution in [0.25, 0.3) is 0 Å². The van der Waals surface area contributed by atoms with Gasteiger partial charge >= 0.3 is 0 Å². The van der Waals surface area contributed by atoms with Crippen LogP contribution >= 0.6 is 0 Å². The number of methoxy groups -OCH3 is 2. The van der Waals surface area contributed by atoms with Crippen molar-refractivity contribution >= 4 is 23.4 Å². The Balaban J connectivity index is 1.43. The minimum Gasteiger partial charge on any atom is -0.497 e. The number of benzene rings is 2. The molecule has 1 aliphatic heterocycles. The summed E-state index contributed by atoms with van der Waals surface area (Å²) in [5.74, 6) is 0.251. The number of rotatable bonds is 7. The van der Waals surface area contributed by atoms with E-state index in [-0.39, 0.29) is 47.8 Å². The summed E-state index contributed by atoms with van der Waals surface area (Å²) in [6.07, 6.45) is 4.95. The summed E-state index contributed by atoms with van der Waals surface area (Å²) in [6.45, 7) is 0. The number of nitrogens with one attached hydrogen (secondary N) is 1. The third kappa shape index (κ3) is 3.67. The van der Waals surface area contributed by atoms with Crippen LogP contribution < -0.4 is 14.8 Å². The SMILES string of the molecule is COc1ccc(NC(=O)CC(c2cccc(OC)c2)N2C(=O)C3C4C=CC(C4)C3C2=O)cc1. The standard InChI is InChI=1S/C26H26N2O5/c1-32-19-10-8-18(9-11-19)27-22(29)14-21(15-4-3-5-20(13-15)33-2)28-25(30)23-16-6-7-17(12-16)24(23)26(28)31/h3-11,13,16-17,21,23-24H,12,14H2,1-2H3,(H,27,29). The average Bonchev–Trinajstić information content (AvgIpc) is 3.52. The quantitative estimate of drug-likeness (QED) is 0.519. The maximum absolute atomic E-state index is 13.5. The zero-order chi connectivity index (χ0) is 23.1. The van der Waals surface area contributed by atoms with Crippen molar-refractivity contribution in [3.8, 4) is 11.5 Å². The van der Waals surface area contributed by atoms with Gasteiger partial charge in [-0.3, -0.25) is 19.3 Å². The molecule has 5 unspecified atom stereocenters. The van der Waals surface area contributed by atoms with Crippen molar-refractivity contribution in [2.24, 2.45) is 23.7 Å². The Morgan fingerprint density at radius 3 is 2.21 bits per heavy atom. The average molecular weight is 447 g/mol. The third-order valence-corrected chi connectivity index (χ3v) is 7.05. The molecule has 2 fully saturated rings. The van der Waals surface area contributed by atoms with Crippen molar-refractivity contribution in [2.75, 3.05) is 19.5 Å². The number of likely N-dealkylation sites (tertiary alicyclic amines) is 1. The Hall–Kier alpha value is -3.61. The van der Waals surface area contributed by atoms with Crippen LogP contribution in [0.2, 0.25) is 0 Å². The summed E-state index contributed by atoms with van der Waals surface area (Å²) < 4.78 is 10.5. The molecule has 1 heterocycles. The lowest BCUT2D eigenvalue weighted by molar-refractivity contribution is -0.144. The smallest absolute Gasteiger partial charge is 0.234 e. The minimum absolute atomic E-state index is 0.0428. The van der Waals surface area contributed by atoms with Gasteiger partial charge < -0.3 is 14.8 Å². The second-order valence-corrected chi connectivity index (χ2v) is 8.82. The van der Waals surface area contributed by atoms with Gasteiger partial charge in [0.05, 0.1) is 38.5 Å². The molecule has 0 radical (unpaired) electrons. The van der Waals surface area contributed by atoms with Crippen molar-refractivity contribution in [2.45, 2.75) is 18.9 Å². The monoisotopic (exact) mass is 446 g/mol. The maximum atomic E-state index is 13.5. The number of carbonyl (C=O) groups excluding carboxylic acids is 3. The predicted molar refractivity (Wildman–Crippen MR) is 122 cm³/mol. The number of amides is 3. The normalized spacial score (nSPS) is 25.8. The first-order valence-electron chi connectivity index (χ1n) is 11.1. The molecule has 2 aliphatic carbocycles. The highest BCUT2D eigenvalue weighted by Gasteiger charge is 2.60. The molecule has 170 valence electrons. The Morgan fingerprint density at radius 1 is 0.970 bits per heavy atom. The fraction of sp³-hybridized carbons (Fsp3) is 0.346. The lowest BCUT2D eigenvalue weighted by Gasteiger charge is -2.28. The zero-order valence-electron chi connectivity index (χ0n) is 18.6. The number of hydrogen-bond acceptors (Lipinski definition) is 5. The molecule has 2 aromatic carbocycles. The Labute approximate surface area is 192 Å². The zero-order valence-corrected chi connectivity index (χ0v) is 18.6. The van der Waals surface area contributed by atoms with E-state index in [1.807, 2.05) is 6.07 Å². The molecule has 2 bridgehead atoms. The van der Waals surface area contributed by atoms with Gasteiger partial charge in [0.1, 0.15) is 11.5 Å². The molecular weight excluding hydrogens is 420 g/mol. The summed E-state index contributed by atoms with van der Waals surface area (Å²) in [6, 6.07) is 13.5. The Bertz CT molecular complexity index is 1100. The van der Waals surface area contributed by atoms with E-state index in [0.29, 0.717) is 22.7 Å². The highest BCUT2D eigenvalue weighted by atomic mass is 16.5. The minimum atomic E-state index is -0.705. The molecular formula is C26H26N2O5. The van der Waals surface area contributed by atoms with Crippen LogP contribution in [0.4, 0.5) is 5.69 Å². The van der Waals surface area contributed by atoms with Gasteiger partial charge in [-0.25, -0.2) is 0 Å². The first-order valence-corrected chi connectivity index (χ1v) is 11.1. The summed E-state index contributed by atoms with van der Waals surface area (Å²) >= 11 is 0. The summed E-state index contributed by atoms with van der Waals surface area (Å²) in [4.78, 5) is 41.3. The fourth-order valence-electron chi connectivity index (χ4n) is 5.50. The number of anilines is 1. The second kappa shape index (κ2) is 8.39. The largest absolute Gasteiger partial charge is 0.497 e. The van der Waals surface area contributed by atoms with Gasteiger partial charge in [-0.1, -0.05) is 24.3 Å². The van der Waals surface area contributed by atoms with E-state index >= 15 is 0 Å². The van der Waals surface area contributed by atoms with Crippen LogP contribution in [0.1, 0.15) is 24.4 Å². The molecule has 2 aromatic rings. The molecule has 0 spiro atoms. The van der Waals surface area contributed by atoms with Crippen molar-refractivity contribution in [1.29, 1.82) is 0 Å². The lowest BCUT2D eigenvalue weighted by atomic mass is 9.85. The van der Waals surface area contributed by atoms with Crippen molar-refractivity contribution < 1.29 is 23.9 Å². The molecule has 1 saturated heterocycles. The molecule has 3 aliphatic rings. The lowest BCUT2D eigenvalue weighted by Crippen LogP contribution is -2.38. The number of imide groups is 1. The van der Waals surface area contributed by atoms with Gasteiger partial charge in [-0.15, -0.1) is 0 Å². The molecule has 33 heavy (non-hydrogen) atoms. The summed E-state index contributed by atoms with van der Waals surface area (Å²) in [5, 5.41) is 2.87. The van der Waals surface area contributed by atoms with E-state index in [1.165, 1.54) is 4.90 Å². The summed E-state index contributed by atoms with van der Waals surface area (Å²) in [7, 11) is 3.14. The molecule has 5 atom stereocenters. The van der Waals surface area contributed by atoms with E-state index in [1.54, 1.807) is 56.7 Å². The first-order chi connectivity index (χ1) is 16.0. The van der Waals surface area contributed by atoms with Crippen molar-refractivity contribution in [1.82, 2.24) is 4.90 Å². The van der Waals surface area contributed by atoms with Crippen LogP contribution in [0.15, 0.2) is 60.7 Å². The highest BCUT2D eigenvalue weighted by molar-refractivity contribution is 6.07. The van der Waals surface area contributed by atoms with Gasteiger partial charge in [0, 0.05) is 5.69 Å². The first kappa shape index (κ1) is 21.2. The number of hydrogen-bond donors (Lipinski definition) is 1. The topological polar surface area (TPSA) is 84.9 Å². The maximum Gasteiger partial charge on any atom is 0.234 e. The molecule has 0 aromatic heterocycles. The van der Waals surface area contributed by atoms with Gasteiger partial charge in [-0.2, -0.15) is 0 Å². The molecule has 7 heteroatoms.